The molecule has 0 unspecified atom stereocenters. The third-order valence-corrected chi connectivity index (χ3v) is 4.84. The summed E-state index contributed by atoms with van der Waals surface area (Å²) >= 11 is 3.36. The molecule has 0 radical (unpaired) electrons. The summed E-state index contributed by atoms with van der Waals surface area (Å²) in [6.07, 6.45) is 4.59. The van der Waals surface area contributed by atoms with Crippen molar-refractivity contribution in [3.8, 4) is 0 Å². The second kappa shape index (κ2) is 3.95. The van der Waals surface area contributed by atoms with Crippen LogP contribution in [0.4, 0.5) is 0 Å². The summed E-state index contributed by atoms with van der Waals surface area (Å²) in [4.78, 5) is 12.4. The lowest BCUT2D eigenvalue weighted by Crippen LogP contribution is -2.31. The van der Waals surface area contributed by atoms with Gasteiger partial charge in [-0.3, -0.25) is 4.79 Å². The fourth-order valence-electron chi connectivity index (χ4n) is 1.33. The van der Waals surface area contributed by atoms with E-state index in [1.807, 2.05) is 29.3 Å². The quantitative estimate of drug-likeness (QED) is 0.855. The highest BCUT2D eigenvalue weighted by atomic mass is 32.2. The van der Waals surface area contributed by atoms with Crippen molar-refractivity contribution in [3.63, 3.8) is 0 Å². The topological polar surface area (TPSA) is 29.1 Å². The van der Waals surface area contributed by atoms with Gasteiger partial charge in [0.1, 0.15) is 0 Å². The average molecular weight is 227 g/mol. The van der Waals surface area contributed by atoms with Crippen LogP contribution in [0.15, 0.2) is 17.5 Å². The SMILES string of the molecule is CSC1(CNC(=O)c2cccs2)CC1. The first-order valence-corrected chi connectivity index (χ1v) is 6.73. The van der Waals surface area contributed by atoms with Gasteiger partial charge in [-0.2, -0.15) is 11.8 Å². The Labute approximate surface area is 92.1 Å². The Morgan fingerprint density at radius 2 is 2.50 bits per heavy atom. The van der Waals surface area contributed by atoms with E-state index >= 15 is 0 Å². The fraction of sp³-hybridized carbons (Fsp3) is 0.500. The van der Waals surface area contributed by atoms with Crippen molar-refractivity contribution in [3.05, 3.63) is 22.4 Å². The molecule has 2 rings (SSSR count). The Bertz CT molecular complexity index is 317. The molecule has 0 aliphatic heterocycles. The Balaban J connectivity index is 1.84. The molecule has 1 heterocycles. The van der Waals surface area contributed by atoms with Gasteiger partial charge in [0.15, 0.2) is 0 Å². The van der Waals surface area contributed by atoms with Crippen molar-refractivity contribution in [2.75, 3.05) is 12.8 Å². The van der Waals surface area contributed by atoms with E-state index in [4.69, 9.17) is 0 Å². The van der Waals surface area contributed by atoms with E-state index in [-0.39, 0.29) is 5.91 Å². The third kappa shape index (κ3) is 2.12. The van der Waals surface area contributed by atoms with E-state index in [1.165, 1.54) is 24.2 Å². The molecule has 2 nitrogen and oxygen atoms in total. The summed E-state index contributed by atoms with van der Waals surface area (Å²) in [7, 11) is 0. The van der Waals surface area contributed by atoms with Crippen molar-refractivity contribution in [1.29, 1.82) is 0 Å². The molecule has 76 valence electrons. The van der Waals surface area contributed by atoms with E-state index in [2.05, 4.69) is 11.6 Å². The molecule has 0 bridgehead atoms. The normalized spacial score (nSPS) is 17.8. The zero-order valence-corrected chi connectivity index (χ0v) is 9.71. The van der Waals surface area contributed by atoms with Crippen molar-refractivity contribution in [2.45, 2.75) is 17.6 Å². The number of rotatable bonds is 4. The molecule has 1 aliphatic carbocycles. The first kappa shape index (κ1) is 10.1. The second-order valence-corrected chi connectivity index (χ2v) is 5.77. The molecule has 0 aromatic carbocycles. The monoisotopic (exact) mass is 227 g/mol. The summed E-state index contributed by atoms with van der Waals surface area (Å²) in [6.45, 7) is 0.810. The Hall–Kier alpha value is -0.480. The molecule has 1 amide bonds. The average Bonchev–Trinajstić information content (AvgIpc) is 2.78. The molecule has 0 atom stereocenters. The predicted molar refractivity (Wildman–Crippen MR) is 62.1 cm³/mol. The van der Waals surface area contributed by atoms with E-state index in [0.29, 0.717) is 4.75 Å². The molecular weight excluding hydrogens is 214 g/mol. The van der Waals surface area contributed by atoms with Gasteiger partial charge in [-0.1, -0.05) is 6.07 Å². The van der Waals surface area contributed by atoms with Crippen LogP contribution in [0.3, 0.4) is 0 Å². The minimum absolute atomic E-state index is 0.0697. The summed E-state index contributed by atoms with van der Waals surface area (Å²) in [6, 6.07) is 3.76. The van der Waals surface area contributed by atoms with E-state index < -0.39 is 0 Å². The second-order valence-electron chi connectivity index (χ2n) is 3.55. The van der Waals surface area contributed by atoms with Crippen LogP contribution >= 0.6 is 23.1 Å². The number of carbonyl (C=O) groups is 1. The predicted octanol–water partition coefficient (Wildman–Crippen LogP) is 2.37. The summed E-state index contributed by atoms with van der Waals surface area (Å²) in [5, 5.41) is 4.92. The van der Waals surface area contributed by atoms with Gasteiger partial charge >= 0.3 is 0 Å². The number of thioether (sulfide) groups is 1. The zero-order chi connectivity index (χ0) is 10.0. The summed E-state index contributed by atoms with van der Waals surface area (Å²) < 4.78 is 0.354. The van der Waals surface area contributed by atoms with Crippen LogP contribution in [0.5, 0.6) is 0 Å². The lowest BCUT2D eigenvalue weighted by molar-refractivity contribution is 0.0957. The van der Waals surface area contributed by atoms with E-state index in [9.17, 15) is 4.79 Å². The summed E-state index contributed by atoms with van der Waals surface area (Å²) in [5.41, 5.74) is 0. The van der Waals surface area contributed by atoms with Gasteiger partial charge in [0.2, 0.25) is 0 Å². The minimum Gasteiger partial charge on any atom is -0.350 e. The Morgan fingerprint density at radius 1 is 1.71 bits per heavy atom. The number of hydrogen-bond acceptors (Lipinski definition) is 3. The van der Waals surface area contributed by atoms with Crippen molar-refractivity contribution in [1.82, 2.24) is 5.32 Å². The molecular formula is C10H13NOS2. The molecule has 1 aliphatic rings. The fourth-order valence-corrected chi connectivity index (χ4v) is 2.70. The summed E-state index contributed by atoms with van der Waals surface area (Å²) in [5.74, 6) is 0.0697. The number of nitrogens with one attached hydrogen (secondary N) is 1. The molecule has 1 N–H and O–H groups in total. The highest BCUT2D eigenvalue weighted by molar-refractivity contribution is 8.00. The molecule has 1 fully saturated rings. The van der Waals surface area contributed by atoms with Crippen molar-refractivity contribution in [2.24, 2.45) is 0 Å². The van der Waals surface area contributed by atoms with E-state index in [1.54, 1.807) is 0 Å². The highest BCUT2D eigenvalue weighted by Gasteiger charge is 2.41. The van der Waals surface area contributed by atoms with Crippen LogP contribution in [-0.2, 0) is 0 Å². The molecule has 4 heteroatoms. The maximum atomic E-state index is 11.6. The zero-order valence-electron chi connectivity index (χ0n) is 8.08. The lowest BCUT2D eigenvalue weighted by atomic mass is 10.4. The van der Waals surface area contributed by atoms with Crippen LogP contribution in [-0.4, -0.2) is 23.5 Å². The van der Waals surface area contributed by atoms with Gasteiger partial charge in [0.25, 0.3) is 5.91 Å². The maximum absolute atomic E-state index is 11.6. The van der Waals surface area contributed by atoms with Crippen LogP contribution in [0, 0.1) is 0 Å². The van der Waals surface area contributed by atoms with Gasteiger partial charge in [0, 0.05) is 11.3 Å². The first-order chi connectivity index (χ1) is 6.76. The number of hydrogen-bond donors (Lipinski definition) is 1. The molecule has 14 heavy (non-hydrogen) atoms. The Morgan fingerprint density at radius 3 is 3.00 bits per heavy atom. The number of carbonyl (C=O) groups excluding carboxylic acids is 1. The minimum atomic E-state index is 0.0697. The van der Waals surface area contributed by atoms with Crippen molar-refractivity contribution >= 4 is 29.0 Å². The molecule has 1 aromatic rings. The Kier molecular flexibility index (Phi) is 2.83. The maximum Gasteiger partial charge on any atom is 0.261 e. The smallest absolute Gasteiger partial charge is 0.261 e. The van der Waals surface area contributed by atoms with Crippen LogP contribution < -0.4 is 5.32 Å². The molecule has 1 aromatic heterocycles. The molecule has 0 spiro atoms. The van der Waals surface area contributed by atoms with E-state index in [0.717, 1.165) is 11.4 Å². The van der Waals surface area contributed by atoms with Crippen LogP contribution in [0.2, 0.25) is 0 Å². The molecule has 0 saturated heterocycles. The van der Waals surface area contributed by atoms with Crippen LogP contribution in [0.1, 0.15) is 22.5 Å². The number of thiophene rings is 1. The van der Waals surface area contributed by atoms with Crippen molar-refractivity contribution < 1.29 is 4.79 Å². The van der Waals surface area contributed by atoms with Crippen LogP contribution in [0.25, 0.3) is 0 Å². The lowest BCUT2D eigenvalue weighted by Gasteiger charge is -2.12. The molecule has 1 saturated carbocycles. The van der Waals surface area contributed by atoms with Gasteiger partial charge in [-0.05, 0) is 30.5 Å². The number of amides is 1. The van der Waals surface area contributed by atoms with Gasteiger partial charge in [-0.25, -0.2) is 0 Å². The van der Waals surface area contributed by atoms with Gasteiger partial charge in [0.05, 0.1) is 4.88 Å². The third-order valence-electron chi connectivity index (χ3n) is 2.56. The standard InChI is InChI=1S/C10H13NOS2/c1-13-10(4-5-10)7-11-9(12)8-3-2-6-14-8/h2-3,6H,4-5,7H2,1H3,(H,11,12). The largest absolute Gasteiger partial charge is 0.350 e. The van der Waals surface area contributed by atoms with Gasteiger partial charge in [-0.15, -0.1) is 11.3 Å². The van der Waals surface area contributed by atoms with Gasteiger partial charge < -0.3 is 5.32 Å². The first-order valence-electron chi connectivity index (χ1n) is 4.63. The highest BCUT2D eigenvalue weighted by Crippen LogP contribution is 2.46.